The summed E-state index contributed by atoms with van der Waals surface area (Å²) in [5.41, 5.74) is 2.80. The summed E-state index contributed by atoms with van der Waals surface area (Å²) in [6.07, 6.45) is 5.53. The highest BCUT2D eigenvalue weighted by Gasteiger charge is 2.44. The minimum atomic E-state index is -0.643. The summed E-state index contributed by atoms with van der Waals surface area (Å²) in [5.74, 6) is 0.786. The monoisotopic (exact) mass is 418 g/mol. The summed E-state index contributed by atoms with van der Waals surface area (Å²) in [6.45, 7) is 4.69. The van der Waals surface area contributed by atoms with Crippen molar-refractivity contribution < 1.29 is 14.3 Å². The van der Waals surface area contributed by atoms with Crippen molar-refractivity contribution in [2.45, 2.75) is 43.6 Å². The minimum absolute atomic E-state index is 0.0280. The van der Waals surface area contributed by atoms with Crippen LogP contribution in [0.25, 0.3) is 0 Å². The van der Waals surface area contributed by atoms with Crippen LogP contribution in [0.15, 0.2) is 61.2 Å². The Morgan fingerprint density at radius 1 is 1.16 bits per heavy atom. The van der Waals surface area contributed by atoms with E-state index in [1.807, 2.05) is 36.4 Å². The molecule has 1 aliphatic carbocycles. The largest absolute Gasteiger partial charge is 0.497 e. The molecule has 162 valence electrons. The van der Waals surface area contributed by atoms with Gasteiger partial charge < -0.3 is 15.0 Å². The molecule has 2 aliphatic rings. The smallest absolute Gasteiger partial charge is 0.245 e. The highest BCUT2D eigenvalue weighted by Crippen LogP contribution is 2.38. The van der Waals surface area contributed by atoms with E-state index in [0.717, 1.165) is 36.1 Å². The average molecular weight is 419 g/mol. The fourth-order valence-corrected chi connectivity index (χ4v) is 4.99. The molecule has 2 aromatic carbocycles. The van der Waals surface area contributed by atoms with Gasteiger partial charge in [-0.25, -0.2) is 0 Å². The number of amides is 2. The van der Waals surface area contributed by atoms with Gasteiger partial charge >= 0.3 is 0 Å². The third-order valence-electron chi connectivity index (χ3n) is 6.84. The van der Waals surface area contributed by atoms with Gasteiger partial charge in [0.05, 0.1) is 18.6 Å². The van der Waals surface area contributed by atoms with Crippen molar-refractivity contribution in [3.8, 4) is 5.75 Å². The number of ether oxygens (including phenoxy) is 1. The lowest BCUT2D eigenvalue weighted by atomic mass is 9.71. The number of rotatable bonds is 5. The molecule has 0 bridgehead atoms. The zero-order valence-electron chi connectivity index (χ0n) is 18.1. The first-order valence-corrected chi connectivity index (χ1v) is 11.0. The van der Waals surface area contributed by atoms with Crippen LogP contribution < -0.4 is 10.1 Å². The minimum Gasteiger partial charge on any atom is -0.497 e. The summed E-state index contributed by atoms with van der Waals surface area (Å²) in [4.78, 5) is 27.7. The van der Waals surface area contributed by atoms with Crippen molar-refractivity contribution in [1.29, 1.82) is 0 Å². The molecule has 0 radical (unpaired) electrons. The highest BCUT2D eigenvalue weighted by atomic mass is 16.5. The van der Waals surface area contributed by atoms with E-state index in [0.29, 0.717) is 25.9 Å². The normalized spacial score (nSPS) is 19.8. The number of hydrogen-bond acceptors (Lipinski definition) is 3. The molecule has 1 atom stereocenters. The van der Waals surface area contributed by atoms with Crippen molar-refractivity contribution >= 4 is 11.8 Å². The number of likely N-dealkylation sites (tertiary alicyclic amines) is 1. The van der Waals surface area contributed by atoms with E-state index in [1.165, 1.54) is 11.6 Å². The second-order valence-electron chi connectivity index (χ2n) is 8.46. The van der Waals surface area contributed by atoms with E-state index in [2.05, 4.69) is 24.0 Å². The van der Waals surface area contributed by atoms with Crippen LogP contribution in [0.4, 0.5) is 0 Å². The molecular formula is C26H30N2O3. The Hall–Kier alpha value is -3.08. The number of benzene rings is 2. The first-order valence-electron chi connectivity index (χ1n) is 11.0. The number of hydrogen-bond donors (Lipinski definition) is 1. The lowest BCUT2D eigenvalue weighted by Crippen LogP contribution is -2.53. The van der Waals surface area contributed by atoms with E-state index in [1.54, 1.807) is 12.0 Å². The number of carbonyl (C=O) groups excluding carboxylic acids is 2. The molecule has 1 N–H and O–H groups in total. The molecule has 1 saturated heterocycles. The Morgan fingerprint density at radius 2 is 1.90 bits per heavy atom. The maximum absolute atomic E-state index is 13.8. The molecule has 0 spiro atoms. The van der Waals surface area contributed by atoms with Crippen LogP contribution in [-0.2, 0) is 21.4 Å². The van der Waals surface area contributed by atoms with Gasteiger partial charge in [-0.1, -0.05) is 43.0 Å². The highest BCUT2D eigenvalue weighted by molar-refractivity contribution is 5.90. The molecule has 0 aromatic heterocycles. The van der Waals surface area contributed by atoms with Gasteiger partial charge in [-0.2, -0.15) is 0 Å². The number of carbonyl (C=O) groups is 2. The third kappa shape index (κ3) is 4.09. The number of piperidine rings is 1. The molecule has 1 fully saturated rings. The fourth-order valence-electron chi connectivity index (χ4n) is 4.99. The van der Waals surface area contributed by atoms with Crippen LogP contribution in [0.3, 0.4) is 0 Å². The molecule has 5 nitrogen and oxygen atoms in total. The Labute approximate surface area is 184 Å². The molecule has 0 saturated carbocycles. The van der Waals surface area contributed by atoms with E-state index >= 15 is 0 Å². The fraction of sp³-hybridized carbons (Fsp3) is 0.385. The lowest BCUT2D eigenvalue weighted by Gasteiger charge is -2.42. The van der Waals surface area contributed by atoms with Crippen LogP contribution >= 0.6 is 0 Å². The second kappa shape index (κ2) is 8.96. The van der Waals surface area contributed by atoms with Gasteiger partial charge in [-0.3, -0.25) is 9.59 Å². The third-order valence-corrected chi connectivity index (χ3v) is 6.84. The standard InChI is InChI=1S/C26H30N2O3/c1-3-24(29)28-16-14-26(15-17-28,20-9-5-4-6-10-20)25(30)27-23-11-7-8-19-12-13-21(31-2)18-22(19)23/h3-6,9-10,12-13,18,23H,1,7-8,11,14-17H2,2H3,(H,27,30)/t23-/m0/s1. The molecule has 31 heavy (non-hydrogen) atoms. The zero-order chi connectivity index (χ0) is 21.8. The zero-order valence-corrected chi connectivity index (χ0v) is 18.1. The quantitative estimate of drug-likeness (QED) is 0.749. The van der Waals surface area contributed by atoms with Crippen molar-refractivity contribution in [3.63, 3.8) is 0 Å². The number of nitrogens with zero attached hydrogens (tertiary/aromatic N) is 1. The number of nitrogens with one attached hydrogen (secondary N) is 1. The van der Waals surface area contributed by atoms with Gasteiger partial charge in [-0.05, 0) is 67.0 Å². The molecule has 4 rings (SSSR count). The summed E-state index contributed by atoms with van der Waals surface area (Å²) in [7, 11) is 1.67. The van der Waals surface area contributed by atoms with Crippen LogP contribution in [-0.4, -0.2) is 36.9 Å². The maximum atomic E-state index is 13.8. The molecule has 0 unspecified atom stereocenters. The molecule has 1 heterocycles. The first kappa shape index (κ1) is 21.2. The predicted molar refractivity (Wildman–Crippen MR) is 121 cm³/mol. The van der Waals surface area contributed by atoms with Gasteiger partial charge in [0.2, 0.25) is 11.8 Å². The summed E-state index contributed by atoms with van der Waals surface area (Å²) < 4.78 is 5.43. The van der Waals surface area contributed by atoms with Crippen molar-refractivity contribution in [2.24, 2.45) is 0 Å². The van der Waals surface area contributed by atoms with Crippen molar-refractivity contribution in [3.05, 3.63) is 77.9 Å². The number of methoxy groups -OCH3 is 1. The number of fused-ring (bicyclic) bond motifs is 1. The SMILES string of the molecule is C=CC(=O)N1CCC(C(=O)N[C@H]2CCCc3ccc(OC)cc32)(c2ccccc2)CC1. The van der Waals surface area contributed by atoms with Gasteiger partial charge in [0.1, 0.15) is 5.75 Å². The van der Waals surface area contributed by atoms with E-state index in [-0.39, 0.29) is 17.9 Å². The van der Waals surface area contributed by atoms with Crippen LogP contribution in [0.2, 0.25) is 0 Å². The second-order valence-corrected chi connectivity index (χ2v) is 8.46. The van der Waals surface area contributed by atoms with Crippen LogP contribution in [0, 0.1) is 0 Å². The van der Waals surface area contributed by atoms with Crippen LogP contribution in [0.5, 0.6) is 5.75 Å². The van der Waals surface area contributed by atoms with Gasteiger partial charge in [-0.15, -0.1) is 0 Å². The average Bonchev–Trinajstić information content (AvgIpc) is 2.84. The summed E-state index contributed by atoms with van der Waals surface area (Å²) in [6, 6.07) is 16.1. The van der Waals surface area contributed by atoms with Gasteiger partial charge in [0.15, 0.2) is 0 Å². The van der Waals surface area contributed by atoms with Gasteiger partial charge in [0.25, 0.3) is 0 Å². The predicted octanol–water partition coefficient (Wildman–Crippen LogP) is 3.94. The molecule has 5 heteroatoms. The lowest BCUT2D eigenvalue weighted by molar-refractivity contribution is -0.134. The maximum Gasteiger partial charge on any atom is 0.245 e. The first-order chi connectivity index (χ1) is 15.1. The van der Waals surface area contributed by atoms with E-state index < -0.39 is 5.41 Å². The Kier molecular flexibility index (Phi) is 6.12. The Morgan fingerprint density at radius 3 is 2.58 bits per heavy atom. The van der Waals surface area contributed by atoms with Crippen LogP contribution in [0.1, 0.15) is 48.4 Å². The topological polar surface area (TPSA) is 58.6 Å². The van der Waals surface area contributed by atoms with Crippen molar-refractivity contribution in [2.75, 3.05) is 20.2 Å². The Balaban J connectivity index is 1.61. The molecule has 2 amide bonds. The Bertz CT molecular complexity index is 962. The number of aryl methyl sites for hydroxylation is 1. The van der Waals surface area contributed by atoms with E-state index in [4.69, 9.17) is 4.74 Å². The summed E-state index contributed by atoms with van der Waals surface area (Å²) >= 11 is 0. The molecule has 2 aromatic rings. The van der Waals surface area contributed by atoms with Crippen molar-refractivity contribution in [1.82, 2.24) is 10.2 Å². The van der Waals surface area contributed by atoms with Gasteiger partial charge in [0, 0.05) is 13.1 Å². The van der Waals surface area contributed by atoms with E-state index in [9.17, 15) is 9.59 Å². The summed E-state index contributed by atoms with van der Waals surface area (Å²) in [5, 5.41) is 3.38. The molecular weight excluding hydrogens is 388 g/mol. The molecule has 1 aliphatic heterocycles.